The van der Waals surface area contributed by atoms with E-state index in [1.54, 1.807) is 0 Å². The van der Waals surface area contributed by atoms with Gasteiger partial charge in [-0.3, -0.25) is 28.8 Å². The molecular formula is C15H12N2O17. The molecule has 0 amide bonds. The van der Waals surface area contributed by atoms with Gasteiger partial charge in [0.1, 0.15) is 6.04 Å². The summed E-state index contributed by atoms with van der Waals surface area (Å²) in [6.07, 6.45) is -1.06. The van der Waals surface area contributed by atoms with Crippen LogP contribution in [0.5, 0.6) is 0 Å². The molecule has 0 saturated heterocycles. The van der Waals surface area contributed by atoms with Crippen LogP contribution in [-0.4, -0.2) is 87.0 Å². The van der Waals surface area contributed by atoms with Crippen LogP contribution in [0.3, 0.4) is 0 Å². The van der Waals surface area contributed by atoms with E-state index in [1.165, 1.54) is 0 Å². The number of carboxylic acid groups (broad SMARTS) is 2. The van der Waals surface area contributed by atoms with Gasteiger partial charge >= 0.3 is 53.2 Å². The van der Waals surface area contributed by atoms with Crippen molar-refractivity contribution in [2.75, 3.05) is 0 Å². The maximum atomic E-state index is 11.5. The van der Waals surface area contributed by atoms with Crippen LogP contribution in [0.2, 0.25) is 0 Å². The minimum Gasteiger partial charge on any atom is -0.481 e. The van der Waals surface area contributed by atoms with Gasteiger partial charge in [0.25, 0.3) is 5.78 Å². The third kappa shape index (κ3) is 8.68. The molecule has 0 aromatic rings. The van der Waals surface area contributed by atoms with E-state index in [0.717, 1.165) is 0 Å². The third-order valence-corrected chi connectivity index (χ3v) is 3.11. The van der Waals surface area contributed by atoms with Crippen LogP contribution in [-0.2, 0) is 72.3 Å². The topological polar surface area (TPSA) is 317 Å². The number of hydrogen-bond donors (Lipinski definition) is 4. The molecule has 2 atom stereocenters. The summed E-state index contributed by atoms with van der Waals surface area (Å²) in [5, 5.41) is 16.7. The second-order valence-electron chi connectivity index (χ2n) is 5.55. The Balaban J connectivity index is 4.78. The van der Waals surface area contributed by atoms with E-state index in [1.807, 2.05) is 0 Å². The lowest BCUT2D eigenvalue weighted by Crippen LogP contribution is -2.46. The monoisotopic (exact) mass is 492 g/mol. The fraction of sp³-hybridized carbons (Fsp3) is 0.267. The minimum absolute atomic E-state index is 0.471. The highest BCUT2D eigenvalue weighted by Crippen LogP contribution is 1.99. The zero-order valence-electron chi connectivity index (χ0n) is 16.2. The molecule has 6 N–H and O–H groups in total. The van der Waals surface area contributed by atoms with Crippen LogP contribution in [0.15, 0.2) is 0 Å². The summed E-state index contributed by atoms with van der Waals surface area (Å²) in [5.41, 5.74) is 10.1. The van der Waals surface area contributed by atoms with Crippen molar-refractivity contribution in [1.82, 2.24) is 0 Å². The van der Waals surface area contributed by atoms with Crippen LogP contribution in [0, 0.1) is 0 Å². The van der Waals surface area contributed by atoms with Gasteiger partial charge in [0, 0.05) is 6.42 Å². The van der Waals surface area contributed by atoms with E-state index < -0.39 is 89.7 Å². The quantitative estimate of drug-likeness (QED) is 0.0853. The lowest BCUT2D eigenvalue weighted by molar-refractivity contribution is -0.258. The van der Waals surface area contributed by atoms with Crippen molar-refractivity contribution < 1.29 is 82.5 Å². The average Bonchev–Trinajstić information content (AvgIpc) is 2.80. The van der Waals surface area contributed by atoms with E-state index in [4.69, 9.17) is 21.7 Å². The smallest absolute Gasteiger partial charge is 0.430 e. The summed E-state index contributed by atoms with van der Waals surface area (Å²) in [6, 6.07) is -4.24. The van der Waals surface area contributed by atoms with Crippen molar-refractivity contribution >= 4 is 64.7 Å². The first-order chi connectivity index (χ1) is 15.6. The van der Waals surface area contributed by atoms with Gasteiger partial charge in [-0.25, -0.2) is 43.5 Å². The maximum Gasteiger partial charge on any atom is 0.430 e. The summed E-state index contributed by atoms with van der Waals surface area (Å²) in [7, 11) is 0. The summed E-state index contributed by atoms with van der Waals surface area (Å²) < 4.78 is 0. The van der Waals surface area contributed by atoms with Crippen LogP contribution in [0.1, 0.15) is 12.8 Å². The van der Waals surface area contributed by atoms with Crippen molar-refractivity contribution in [3.05, 3.63) is 0 Å². The Morgan fingerprint density at radius 1 is 0.618 bits per heavy atom. The number of rotatable bonds is 12. The number of Topliss-reactive ketones (excluding diaryl/α,β-unsaturated/α-hetero) is 5. The molecule has 0 saturated carbocycles. The molecule has 0 heterocycles. The highest BCUT2D eigenvalue weighted by atomic mass is 17.2. The van der Waals surface area contributed by atoms with Gasteiger partial charge in [0.05, 0.1) is 0 Å². The SMILES string of the molecule is NC(CCC(=O)O)C(=O)OOC(=O)C(=O)C(=O)C(=O)C(=O)OOC(=O)C(N)C(=O)C(=O)C(=O)O. The highest BCUT2D eigenvalue weighted by Gasteiger charge is 2.39. The molecule has 19 heteroatoms. The number of hydrogen-bond acceptors (Lipinski definition) is 17. The Kier molecular flexibility index (Phi) is 11.0. The van der Waals surface area contributed by atoms with E-state index in [9.17, 15) is 52.7 Å². The molecule has 0 spiro atoms. The van der Waals surface area contributed by atoms with Crippen LogP contribution >= 0.6 is 0 Å². The van der Waals surface area contributed by atoms with Crippen LogP contribution in [0.4, 0.5) is 0 Å². The Morgan fingerprint density at radius 2 is 1.06 bits per heavy atom. The van der Waals surface area contributed by atoms with Crippen molar-refractivity contribution in [3.8, 4) is 0 Å². The molecule has 0 bridgehead atoms. The van der Waals surface area contributed by atoms with E-state index in [2.05, 4.69) is 19.6 Å². The van der Waals surface area contributed by atoms with Crippen LogP contribution < -0.4 is 11.5 Å². The van der Waals surface area contributed by atoms with Crippen molar-refractivity contribution in [1.29, 1.82) is 0 Å². The molecule has 0 aliphatic carbocycles. The maximum absolute atomic E-state index is 11.5. The standard InChI is InChI=1S/C15H12N2O17/c16-3(1-2-4(18)19)12(27)31-33-14(29)9(23)7(21)10(24)15(30)34-32-13(28)5(17)6(20)8(22)11(25)26/h3,5H,1-2,16-17H2,(H,18,19)(H,25,26). The van der Waals surface area contributed by atoms with Crippen LogP contribution in [0.25, 0.3) is 0 Å². The minimum atomic E-state index is -2.62. The van der Waals surface area contributed by atoms with E-state index in [0.29, 0.717) is 0 Å². The van der Waals surface area contributed by atoms with E-state index >= 15 is 0 Å². The average molecular weight is 492 g/mol. The number of nitrogens with two attached hydrogens (primary N) is 2. The largest absolute Gasteiger partial charge is 0.481 e. The highest BCUT2D eigenvalue weighted by molar-refractivity contribution is 6.85. The lowest BCUT2D eigenvalue weighted by atomic mass is 10.1. The molecule has 0 radical (unpaired) electrons. The molecular weight excluding hydrogens is 480 g/mol. The van der Waals surface area contributed by atoms with Gasteiger partial charge in [0.2, 0.25) is 5.78 Å². The van der Waals surface area contributed by atoms with Gasteiger partial charge in [-0.05, 0) is 6.42 Å². The first kappa shape index (κ1) is 29.1. The molecule has 0 aliphatic rings. The summed E-state index contributed by atoms with van der Waals surface area (Å²) in [6.45, 7) is 0. The van der Waals surface area contributed by atoms with E-state index in [-0.39, 0.29) is 0 Å². The summed E-state index contributed by atoms with van der Waals surface area (Å²) in [5.74, 6) is -23.4. The predicted molar refractivity (Wildman–Crippen MR) is 89.9 cm³/mol. The normalized spacial score (nSPS) is 11.6. The van der Waals surface area contributed by atoms with Gasteiger partial charge < -0.3 is 21.7 Å². The third-order valence-electron chi connectivity index (χ3n) is 3.11. The second kappa shape index (κ2) is 12.8. The first-order valence-corrected chi connectivity index (χ1v) is 8.14. The molecule has 19 nitrogen and oxygen atoms in total. The first-order valence-electron chi connectivity index (χ1n) is 8.14. The molecule has 0 aromatic carbocycles. The predicted octanol–water partition coefficient (Wildman–Crippen LogP) is -5.56. The number of carbonyl (C=O) groups is 11. The van der Waals surface area contributed by atoms with Crippen molar-refractivity contribution in [2.24, 2.45) is 11.5 Å². The number of ketones is 5. The van der Waals surface area contributed by atoms with Gasteiger partial charge in [-0.1, -0.05) is 0 Å². The van der Waals surface area contributed by atoms with Crippen molar-refractivity contribution in [3.63, 3.8) is 0 Å². The van der Waals surface area contributed by atoms with Gasteiger partial charge in [0.15, 0.2) is 6.04 Å². The molecule has 0 fully saturated rings. The molecule has 0 rings (SSSR count). The van der Waals surface area contributed by atoms with Gasteiger partial charge in [-0.15, -0.1) is 0 Å². The number of aliphatic carboxylic acids is 2. The fourth-order valence-corrected chi connectivity index (χ4v) is 1.39. The Morgan fingerprint density at radius 3 is 1.47 bits per heavy atom. The summed E-state index contributed by atoms with van der Waals surface area (Å²) in [4.78, 5) is 137. The van der Waals surface area contributed by atoms with Gasteiger partial charge in [-0.2, -0.15) is 0 Å². The molecule has 0 aliphatic heterocycles. The molecule has 184 valence electrons. The Hall–Kier alpha value is -4.91. The zero-order valence-corrected chi connectivity index (χ0v) is 16.2. The molecule has 0 aromatic heterocycles. The lowest BCUT2D eigenvalue weighted by Gasteiger charge is -2.08. The Labute approximate surface area is 184 Å². The number of carbonyl (C=O) groups excluding carboxylic acids is 9. The zero-order chi connectivity index (χ0) is 26.7. The molecule has 2 unspecified atom stereocenters. The molecule has 34 heavy (non-hydrogen) atoms. The fourth-order valence-electron chi connectivity index (χ4n) is 1.39. The second-order valence-corrected chi connectivity index (χ2v) is 5.55. The number of carboxylic acids is 2. The van der Waals surface area contributed by atoms with Crippen molar-refractivity contribution in [2.45, 2.75) is 24.9 Å². The summed E-state index contributed by atoms with van der Waals surface area (Å²) >= 11 is 0. The Bertz CT molecular complexity index is 979.